The number of nitrogens with zero attached hydrogens (tertiary/aromatic N) is 1. The largest absolute Gasteiger partial charge is 0.487 e. The van der Waals surface area contributed by atoms with E-state index in [1.165, 1.54) is 0 Å². The van der Waals surface area contributed by atoms with Gasteiger partial charge in [-0.15, -0.1) is 0 Å². The highest BCUT2D eigenvalue weighted by atomic mass is 35.5. The zero-order valence-electron chi connectivity index (χ0n) is 11.1. The van der Waals surface area contributed by atoms with Crippen molar-refractivity contribution < 1.29 is 4.74 Å². The van der Waals surface area contributed by atoms with Crippen molar-refractivity contribution in [3.63, 3.8) is 0 Å². The molecule has 1 aromatic carbocycles. The van der Waals surface area contributed by atoms with Crippen molar-refractivity contribution in [3.8, 4) is 5.75 Å². The lowest BCUT2D eigenvalue weighted by molar-refractivity contribution is 0.306. The van der Waals surface area contributed by atoms with Crippen molar-refractivity contribution in [2.24, 2.45) is 0 Å². The van der Waals surface area contributed by atoms with Crippen LogP contribution in [-0.2, 0) is 6.61 Å². The van der Waals surface area contributed by atoms with E-state index >= 15 is 0 Å². The first kappa shape index (κ1) is 13.7. The summed E-state index contributed by atoms with van der Waals surface area (Å²) in [5.41, 5.74) is 2.14. The molecule has 100 valence electrons. The number of hydrogen-bond donors (Lipinski definition) is 1. The number of aromatic nitrogens is 1. The molecule has 0 fully saturated rings. The molecule has 2 aromatic rings. The van der Waals surface area contributed by atoms with Gasteiger partial charge in [0, 0.05) is 18.3 Å². The van der Waals surface area contributed by atoms with Gasteiger partial charge in [-0.05, 0) is 37.6 Å². The Morgan fingerprint density at radius 1 is 1.32 bits per heavy atom. The Labute approximate surface area is 118 Å². The maximum Gasteiger partial charge on any atom is 0.138 e. The average Bonchev–Trinajstić information content (AvgIpc) is 2.42. The molecular weight excluding hydrogens is 260 g/mol. The van der Waals surface area contributed by atoms with Crippen LogP contribution in [0.3, 0.4) is 0 Å². The minimum absolute atomic E-state index is 0.444. The second-order valence-corrected chi connectivity index (χ2v) is 4.67. The molecule has 0 aliphatic rings. The number of hydrogen-bond acceptors (Lipinski definition) is 3. The number of benzene rings is 1. The van der Waals surface area contributed by atoms with Crippen molar-refractivity contribution in [1.29, 1.82) is 0 Å². The molecule has 19 heavy (non-hydrogen) atoms. The van der Waals surface area contributed by atoms with Crippen molar-refractivity contribution in [2.75, 3.05) is 11.9 Å². The second-order valence-electron chi connectivity index (χ2n) is 4.26. The number of ether oxygens (including phenoxy) is 1. The van der Waals surface area contributed by atoms with Crippen LogP contribution in [0.2, 0.25) is 5.02 Å². The predicted molar refractivity (Wildman–Crippen MR) is 78.9 cm³/mol. The van der Waals surface area contributed by atoms with Gasteiger partial charge in [-0.1, -0.05) is 23.7 Å². The van der Waals surface area contributed by atoms with E-state index in [2.05, 4.69) is 10.3 Å². The number of anilines is 1. The van der Waals surface area contributed by atoms with Gasteiger partial charge in [0.15, 0.2) is 0 Å². The van der Waals surface area contributed by atoms with Gasteiger partial charge in [0.1, 0.15) is 18.2 Å². The van der Waals surface area contributed by atoms with Gasteiger partial charge in [0.05, 0.1) is 5.02 Å². The van der Waals surface area contributed by atoms with Gasteiger partial charge in [0.2, 0.25) is 0 Å². The van der Waals surface area contributed by atoms with Crippen molar-refractivity contribution in [3.05, 3.63) is 52.7 Å². The van der Waals surface area contributed by atoms with Gasteiger partial charge < -0.3 is 10.1 Å². The Morgan fingerprint density at radius 2 is 2.16 bits per heavy atom. The lowest BCUT2D eigenvalue weighted by Crippen LogP contribution is -2.05. The molecule has 0 aliphatic heterocycles. The van der Waals surface area contributed by atoms with Gasteiger partial charge >= 0.3 is 0 Å². The van der Waals surface area contributed by atoms with Gasteiger partial charge in [-0.2, -0.15) is 0 Å². The summed E-state index contributed by atoms with van der Waals surface area (Å²) in [6, 6.07) is 9.64. The van der Waals surface area contributed by atoms with Crippen LogP contribution < -0.4 is 10.1 Å². The van der Waals surface area contributed by atoms with E-state index in [1.807, 2.05) is 44.2 Å². The summed E-state index contributed by atoms with van der Waals surface area (Å²) < 4.78 is 5.78. The van der Waals surface area contributed by atoms with E-state index in [-0.39, 0.29) is 0 Å². The summed E-state index contributed by atoms with van der Waals surface area (Å²) in [6.07, 6.45) is 1.77. The molecule has 2 rings (SSSR count). The molecule has 0 saturated heterocycles. The molecule has 1 aromatic heterocycles. The molecule has 0 aliphatic carbocycles. The molecule has 0 atom stereocenters. The molecule has 0 bridgehead atoms. The van der Waals surface area contributed by atoms with Crippen molar-refractivity contribution >= 4 is 17.4 Å². The van der Waals surface area contributed by atoms with Crippen LogP contribution in [0.25, 0.3) is 0 Å². The van der Waals surface area contributed by atoms with Crippen LogP contribution in [0.1, 0.15) is 18.1 Å². The number of nitrogens with one attached hydrogen (secondary N) is 1. The maximum atomic E-state index is 6.11. The zero-order chi connectivity index (χ0) is 13.7. The van der Waals surface area contributed by atoms with Crippen LogP contribution in [0.4, 0.5) is 5.82 Å². The Kier molecular flexibility index (Phi) is 4.63. The quantitative estimate of drug-likeness (QED) is 0.894. The topological polar surface area (TPSA) is 34.2 Å². The Hall–Kier alpha value is -1.74. The lowest BCUT2D eigenvalue weighted by atomic mass is 10.2. The molecule has 0 spiro atoms. The normalized spacial score (nSPS) is 10.3. The highest BCUT2D eigenvalue weighted by Crippen LogP contribution is 2.26. The molecule has 0 amide bonds. The third kappa shape index (κ3) is 3.61. The first-order valence-electron chi connectivity index (χ1n) is 6.27. The second kappa shape index (κ2) is 6.43. The summed E-state index contributed by atoms with van der Waals surface area (Å²) in [4.78, 5) is 4.30. The molecular formula is C15H17ClN2O. The molecule has 4 heteroatoms. The van der Waals surface area contributed by atoms with Crippen LogP contribution in [0.15, 0.2) is 36.5 Å². The minimum atomic E-state index is 0.444. The third-order valence-corrected chi connectivity index (χ3v) is 3.02. The van der Waals surface area contributed by atoms with Crippen LogP contribution in [0, 0.1) is 6.92 Å². The van der Waals surface area contributed by atoms with Crippen LogP contribution in [-0.4, -0.2) is 11.5 Å². The number of pyridine rings is 1. The summed E-state index contributed by atoms with van der Waals surface area (Å²) in [5.74, 6) is 1.56. The van der Waals surface area contributed by atoms with E-state index < -0.39 is 0 Å². The van der Waals surface area contributed by atoms with E-state index in [1.54, 1.807) is 6.20 Å². The molecule has 1 N–H and O–H groups in total. The van der Waals surface area contributed by atoms with E-state index in [0.29, 0.717) is 17.4 Å². The fourth-order valence-corrected chi connectivity index (χ4v) is 1.93. The minimum Gasteiger partial charge on any atom is -0.487 e. The first-order valence-corrected chi connectivity index (χ1v) is 6.65. The third-order valence-electron chi connectivity index (χ3n) is 2.71. The highest BCUT2D eigenvalue weighted by Gasteiger charge is 2.06. The number of aryl methyl sites for hydroxylation is 1. The van der Waals surface area contributed by atoms with Gasteiger partial charge in [-0.25, -0.2) is 4.98 Å². The van der Waals surface area contributed by atoms with E-state index in [0.717, 1.165) is 23.5 Å². The average molecular weight is 277 g/mol. The SMILES string of the molecule is CCNc1ncccc1COc1cc(C)ccc1Cl. The van der Waals surface area contributed by atoms with E-state index in [4.69, 9.17) is 16.3 Å². The summed E-state index contributed by atoms with van der Waals surface area (Å²) >= 11 is 6.11. The lowest BCUT2D eigenvalue weighted by Gasteiger charge is -2.12. The molecule has 1 heterocycles. The summed E-state index contributed by atoms with van der Waals surface area (Å²) in [6.45, 7) is 5.32. The van der Waals surface area contributed by atoms with Crippen LogP contribution in [0.5, 0.6) is 5.75 Å². The highest BCUT2D eigenvalue weighted by molar-refractivity contribution is 6.32. The Bertz CT molecular complexity index is 558. The van der Waals surface area contributed by atoms with Crippen LogP contribution >= 0.6 is 11.6 Å². The fraction of sp³-hybridized carbons (Fsp3) is 0.267. The molecule has 0 unspecified atom stereocenters. The fourth-order valence-electron chi connectivity index (χ4n) is 1.76. The summed E-state index contributed by atoms with van der Waals surface area (Å²) in [7, 11) is 0. The monoisotopic (exact) mass is 276 g/mol. The van der Waals surface area contributed by atoms with Gasteiger partial charge in [0.25, 0.3) is 0 Å². The zero-order valence-corrected chi connectivity index (χ0v) is 11.9. The molecule has 0 saturated carbocycles. The predicted octanol–water partition coefficient (Wildman–Crippen LogP) is 4.05. The number of halogens is 1. The Morgan fingerprint density at radius 3 is 2.95 bits per heavy atom. The standard InChI is InChI=1S/C15H17ClN2O/c1-3-17-15-12(5-4-8-18-15)10-19-14-9-11(2)6-7-13(14)16/h4-9H,3,10H2,1-2H3,(H,17,18). The Balaban J connectivity index is 2.12. The smallest absolute Gasteiger partial charge is 0.138 e. The van der Waals surface area contributed by atoms with Crippen molar-refractivity contribution in [2.45, 2.75) is 20.5 Å². The molecule has 0 radical (unpaired) electrons. The molecule has 3 nitrogen and oxygen atoms in total. The number of rotatable bonds is 5. The van der Waals surface area contributed by atoms with Gasteiger partial charge in [-0.3, -0.25) is 0 Å². The maximum absolute atomic E-state index is 6.11. The first-order chi connectivity index (χ1) is 9.20. The van der Waals surface area contributed by atoms with Crippen molar-refractivity contribution in [1.82, 2.24) is 4.98 Å². The van der Waals surface area contributed by atoms with E-state index in [9.17, 15) is 0 Å². The summed E-state index contributed by atoms with van der Waals surface area (Å²) in [5, 5.41) is 3.84.